The molecule has 0 radical (unpaired) electrons. The summed E-state index contributed by atoms with van der Waals surface area (Å²) in [5.74, 6) is 2.05. The Morgan fingerprint density at radius 3 is 2.54 bits per heavy atom. The molecule has 2 aromatic rings. The van der Waals surface area contributed by atoms with Crippen molar-refractivity contribution in [1.82, 2.24) is 20.8 Å². The molecule has 0 aliphatic rings. The molecule has 26 heavy (non-hydrogen) atoms. The van der Waals surface area contributed by atoms with Gasteiger partial charge in [-0.25, -0.2) is 0 Å². The van der Waals surface area contributed by atoms with E-state index in [0.29, 0.717) is 24.7 Å². The third-order valence-electron chi connectivity index (χ3n) is 3.31. The Morgan fingerprint density at radius 2 is 1.96 bits per heavy atom. The van der Waals surface area contributed by atoms with Gasteiger partial charge in [0, 0.05) is 40.7 Å². The molecule has 1 aromatic carbocycles. The fourth-order valence-corrected chi connectivity index (χ4v) is 3.42. The summed E-state index contributed by atoms with van der Waals surface area (Å²) in [5.41, 5.74) is 0. The zero-order chi connectivity index (χ0) is 18.3. The molecule has 0 aliphatic heterocycles. The van der Waals surface area contributed by atoms with Gasteiger partial charge in [0.05, 0.1) is 0 Å². The second kappa shape index (κ2) is 11.1. The number of guanidine groups is 1. The summed E-state index contributed by atoms with van der Waals surface area (Å²) >= 11 is 5.30. The number of nitrogens with zero attached hydrogens (tertiary/aromatic N) is 3. The molecular weight excluding hydrogens is 529 g/mol. The van der Waals surface area contributed by atoms with E-state index in [-0.39, 0.29) is 28.7 Å². The molecule has 6 nitrogen and oxygen atoms in total. The maximum absolute atomic E-state index is 5.10. The van der Waals surface area contributed by atoms with Crippen molar-refractivity contribution in [3.05, 3.63) is 40.5 Å². The van der Waals surface area contributed by atoms with E-state index in [1.165, 1.54) is 4.90 Å². The van der Waals surface area contributed by atoms with Gasteiger partial charge in [0.2, 0.25) is 5.89 Å². The Morgan fingerprint density at radius 1 is 1.27 bits per heavy atom. The zero-order valence-electron chi connectivity index (χ0n) is 15.4. The quantitative estimate of drug-likeness (QED) is 0.233. The highest BCUT2D eigenvalue weighted by Crippen LogP contribution is 2.32. The first-order valence-electron chi connectivity index (χ1n) is 8.06. The fraction of sp³-hybridized carbons (Fsp3) is 0.471. The third kappa shape index (κ3) is 8.26. The lowest BCUT2D eigenvalue weighted by Crippen LogP contribution is -2.43. The van der Waals surface area contributed by atoms with Crippen molar-refractivity contribution in [1.29, 1.82) is 0 Å². The monoisotopic (exact) mass is 553 g/mol. The van der Waals surface area contributed by atoms with Crippen LogP contribution in [0.25, 0.3) is 0 Å². The molecule has 0 spiro atoms. The van der Waals surface area contributed by atoms with Gasteiger partial charge in [0.15, 0.2) is 11.8 Å². The van der Waals surface area contributed by atoms with Crippen LogP contribution in [0.5, 0.6) is 0 Å². The first kappa shape index (κ1) is 23.2. The Balaban J connectivity index is 0.00000338. The van der Waals surface area contributed by atoms with Crippen LogP contribution in [0.3, 0.4) is 0 Å². The average Bonchev–Trinajstić information content (AvgIpc) is 2.98. The minimum absolute atomic E-state index is 0. The molecule has 0 fully saturated rings. The van der Waals surface area contributed by atoms with Crippen molar-refractivity contribution in [2.45, 2.75) is 36.8 Å². The predicted octanol–water partition coefficient (Wildman–Crippen LogP) is 4.04. The molecule has 1 heterocycles. The van der Waals surface area contributed by atoms with Crippen molar-refractivity contribution in [3.8, 4) is 0 Å². The van der Waals surface area contributed by atoms with Crippen molar-refractivity contribution in [2.75, 3.05) is 20.1 Å². The molecule has 1 aromatic heterocycles. The predicted molar refractivity (Wildman–Crippen MR) is 122 cm³/mol. The molecule has 144 valence electrons. The highest BCUT2D eigenvalue weighted by Gasteiger charge is 2.20. The molecule has 0 aliphatic carbocycles. The molecule has 0 saturated carbocycles. The molecule has 0 bridgehead atoms. The zero-order valence-corrected chi connectivity index (χ0v) is 20.1. The first-order valence-corrected chi connectivity index (χ1v) is 9.67. The van der Waals surface area contributed by atoms with Gasteiger partial charge in [-0.2, -0.15) is 4.98 Å². The molecular formula is C17H25BrIN5OS. The number of aromatic nitrogens is 2. The van der Waals surface area contributed by atoms with Gasteiger partial charge in [-0.3, -0.25) is 4.99 Å². The smallest absolute Gasteiger partial charge is 0.228 e. The van der Waals surface area contributed by atoms with Gasteiger partial charge < -0.3 is 15.2 Å². The van der Waals surface area contributed by atoms with Crippen molar-refractivity contribution in [2.24, 2.45) is 4.99 Å². The maximum atomic E-state index is 5.10. The Labute approximate surface area is 184 Å². The Kier molecular flexibility index (Phi) is 9.94. The highest BCUT2D eigenvalue weighted by atomic mass is 127. The van der Waals surface area contributed by atoms with E-state index in [0.717, 1.165) is 17.0 Å². The van der Waals surface area contributed by atoms with E-state index in [4.69, 9.17) is 4.52 Å². The molecule has 0 atom stereocenters. The van der Waals surface area contributed by atoms with E-state index >= 15 is 0 Å². The van der Waals surface area contributed by atoms with Crippen LogP contribution in [-0.4, -0.2) is 41.0 Å². The summed E-state index contributed by atoms with van der Waals surface area (Å²) in [6.45, 7) is 7.70. The topological polar surface area (TPSA) is 75.3 Å². The number of nitrogens with one attached hydrogen (secondary N) is 2. The van der Waals surface area contributed by atoms with E-state index in [2.05, 4.69) is 79.8 Å². The van der Waals surface area contributed by atoms with Gasteiger partial charge in [0.25, 0.3) is 0 Å². The third-order valence-corrected chi connectivity index (χ3v) is 5.05. The van der Waals surface area contributed by atoms with E-state index in [1.54, 1.807) is 7.05 Å². The normalized spacial score (nSPS) is 11.8. The number of benzene rings is 1. The van der Waals surface area contributed by atoms with E-state index in [9.17, 15) is 0 Å². The lowest BCUT2D eigenvalue weighted by atomic mass is 10.2. The van der Waals surface area contributed by atoms with E-state index < -0.39 is 0 Å². The molecule has 0 saturated heterocycles. The lowest BCUT2D eigenvalue weighted by Gasteiger charge is -2.25. The second-order valence-corrected chi connectivity index (χ2v) is 8.85. The van der Waals surface area contributed by atoms with Crippen LogP contribution in [0.15, 0.2) is 43.1 Å². The standard InChI is InChI=1S/C17H24BrN5OS.HI/c1-12-22-15(24-23-12)9-10-20-16(19-4)21-11-17(2,3)25-14-7-5-13(18)6-8-14;/h5-8H,9-11H2,1-4H3,(H2,19,20,21);1H. The molecule has 0 amide bonds. The number of aliphatic imine (C=N–C) groups is 1. The van der Waals surface area contributed by atoms with Crippen LogP contribution in [0.1, 0.15) is 25.6 Å². The molecule has 2 N–H and O–H groups in total. The summed E-state index contributed by atoms with van der Waals surface area (Å²) in [4.78, 5) is 9.69. The Bertz CT molecular complexity index is 705. The number of hydrogen-bond donors (Lipinski definition) is 2. The fourth-order valence-electron chi connectivity index (χ4n) is 2.10. The summed E-state index contributed by atoms with van der Waals surface area (Å²) in [5, 5.41) is 10.4. The number of halogens is 2. The Hall–Kier alpha value is -0.810. The summed E-state index contributed by atoms with van der Waals surface area (Å²) in [7, 11) is 1.76. The van der Waals surface area contributed by atoms with Crippen LogP contribution in [-0.2, 0) is 6.42 Å². The first-order chi connectivity index (χ1) is 11.9. The van der Waals surface area contributed by atoms with Crippen LogP contribution in [0.4, 0.5) is 0 Å². The number of rotatable bonds is 7. The average molecular weight is 554 g/mol. The van der Waals surface area contributed by atoms with Gasteiger partial charge in [-0.05, 0) is 45.0 Å². The van der Waals surface area contributed by atoms with Gasteiger partial charge in [-0.1, -0.05) is 21.1 Å². The SMILES string of the molecule is CN=C(NCCc1nc(C)no1)NCC(C)(C)Sc1ccc(Br)cc1.I. The summed E-state index contributed by atoms with van der Waals surface area (Å²) in [6, 6.07) is 8.36. The van der Waals surface area contributed by atoms with Crippen molar-refractivity contribution >= 4 is 57.6 Å². The lowest BCUT2D eigenvalue weighted by molar-refractivity contribution is 0.374. The minimum Gasteiger partial charge on any atom is -0.356 e. The number of hydrogen-bond acceptors (Lipinski definition) is 5. The largest absolute Gasteiger partial charge is 0.356 e. The van der Waals surface area contributed by atoms with Gasteiger partial charge >= 0.3 is 0 Å². The van der Waals surface area contributed by atoms with Crippen LogP contribution in [0.2, 0.25) is 0 Å². The van der Waals surface area contributed by atoms with Gasteiger partial charge in [-0.15, -0.1) is 35.7 Å². The number of thioether (sulfide) groups is 1. The summed E-state index contributed by atoms with van der Waals surface area (Å²) < 4.78 is 6.22. The van der Waals surface area contributed by atoms with Crippen molar-refractivity contribution < 1.29 is 4.52 Å². The van der Waals surface area contributed by atoms with Crippen LogP contribution in [0, 0.1) is 6.92 Å². The van der Waals surface area contributed by atoms with Crippen LogP contribution < -0.4 is 10.6 Å². The van der Waals surface area contributed by atoms with E-state index in [1.807, 2.05) is 18.7 Å². The minimum atomic E-state index is 0. The molecule has 9 heteroatoms. The van der Waals surface area contributed by atoms with Crippen LogP contribution >= 0.6 is 51.7 Å². The molecule has 2 rings (SSSR count). The van der Waals surface area contributed by atoms with Gasteiger partial charge in [0.1, 0.15) is 0 Å². The summed E-state index contributed by atoms with van der Waals surface area (Å²) in [6.07, 6.45) is 0.665. The number of aryl methyl sites for hydroxylation is 1. The van der Waals surface area contributed by atoms with Crippen molar-refractivity contribution in [3.63, 3.8) is 0 Å². The maximum Gasteiger partial charge on any atom is 0.228 e. The highest BCUT2D eigenvalue weighted by molar-refractivity contribution is 14.0. The molecule has 0 unspecified atom stereocenters. The second-order valence-electron chi connectivity index (χ2n) is 6.15.